The summed E-state index contributed by atoms with van der Waals surface area (Å²) in [5.74, 6) is 1.25. The highest BCUT2D eigenvalue weighted by atomic mass is 16.5. The number of hydrogen-bond acceptors (Lipinski definition) is 2. The van der Waals surface area contributed by atoms with E-state index < -0.39 is 0 Å². The van der Waals surface area contributed by atoms with E-state index in [1.807, 2.05) is 18.2 Å². The number of carbonyl (C=O) groups is 1. The minimum absolute atomic E-state index is 0.0548. The standard InChI is InChI=1S/C18H26O2/c1-2-3-11-16-12-7-8-13-17(16)20-18(19)14-15-9-5-4-6-10-15/h7-8,12-13,15H,2-6,9-11,14H2,1H3. The average molecular weight is 274 g/mol. The third-order valence-electron chi connectivity index (χ3n) is 4.18. The molecular weight excluding hydrogens is 248 g/mol. The van der Waals surface area contributed by atoms with Crippen LogP contribution < -0.4 is 4.74 Å². The number of aryl methyl sites for hydroxylation is 1. The van der Waals surface area contributed by atoms with Gasteiger partial charge in [-0.25, -0.2) is 0 Å². The lowest BCUT2D eigenvalue weighted by Gasteiger charge is -2.20. The minimum Gasteiger partial charge on any atom is -0.426 e. The van der Waals surface area contributed by atoms with Gasteiger partial charge in [-0.15, -0.1) is 0 Å². The SMILES string of the molecule is CCCCc1ccccc1OC(=O)CC1CCCCC1. The zero-order valence-electron chi connectivity index (χ0n) is 12.6. The van der Waals surface area contributed by atoms with Crippen LogP contribution in [0.1, 0.15) is 63.9 Å². The molecule has 1 aromatic carbocycles. The Labute approximate surface area is 122 Å². The molecule has 0 spiro atoms. The number of rotatable bonds is 6. The van der Waals surface area contributed by atoms with Crippen molar-refractivity contribution in [3.63, 3.8) is 0 Å². The fourth-order valence-corrected chi connectivity index (χ4v) is 2.97. The molecule has 1 saturated carbocycles. The number of unbranched alkanes of at least 4 members (excludes halogenated alkanes) is 1. The molecule has 0 radical (unpaired) electrons. The predicted molar refractivity (Wildman–Crippen MR) is 81.9 cm³/mol. The van der Waals surface area contributed by atoms with Gasteiger partial charge >= 0.3 is 5.97 Å². The highest BCUT2D eigenvalue weighted by Crippen LogP contribution is 2.27. The van der Waals surface area contributed by atoms with E-state index in [0.717, 1.165) is 30.6 Å². The number of ether oxygens (including phenoxy) is 1. The lowest BCUT2D eigenvalue weighted by Crippen LogP contribution is -2.16. The van der Waals surface area contributed by atoms with E-state index >= 15 is 0 Å². The van der Waals surface area contributed by atoms with Gasteiger partial charge in [-0.2, -0.15) is 0 Å². The zero-order valence-corrected chi connectivity index (χ0v) is 12.6. The van der Waals surface area contributed by atoms with Crippen LogP contribution in [0, 0.1) is 5.92 Å². The van der Waals surface area contributed by atoms with Crippen LogP contribution in [0.15, 0.2) is 24.3 Å². The van der Waals surface area contributed by atoms with Crippen molar-refractivity contribution >= 4 is 5.97 Å². The number of esters is 1. The third kappa shape index (κ3) is 4.66. The van der Waals surface area contributed by atoms with E-state index in [1.54, 1.807) is 0 Å². The minimum atomic E-state index is -0.0548. The summed E-state index contributed by atoms with van der Waals surface area (Å²) in [5, 5.41) is 0. The molecule has 0 unspecified atom stereocenters. The van der Waals surface area contributed by atoms with Crippen molar-refractivity contribution in [2.75, 3.05) is 0 Å². The number of benzene rings is 1. The second-order valence-corrected chi connectivity index (χ2v) is 5.89. The summed E-state index contributed by atoms with van der Waals surface area (Å²) in [5.41, 5.74) is 1.16. The molecule has 0 atom stereocenters. The first-order chi connectivity index (χ1) is 9.79. The monoisotopic (exact) mass is 274 g/mol. The van der Waals surface area contributed by atoms with Crippen molar-refractivity contribution in [1.29, 1.82) is 0 Å². The van der Waals surface area contributed by atoms with Gasteiger partial charge in [0.05, 0.1) is 0 Å². The maximum atomic E-state index is 12.1. The lowest BCUT2D eigenvalue weighted by atomic mass is 9.87. The molecule has 0 heterocycles. The molecule has 20 heavy (non-hydrogen) atoms. The smallest absolute Gasteiger partial charge is 0.311 e. The summed E-state index contributed by atoms with van der Waals surface area (Å²) < 4.78 is 5.61. The maximum Gasteiger partial charge on any atom is 0.311 e. The fraction of sp³-hybridized carbons (Fsp3) is 0.611. The second kappa shape index (κ2) is 8.08. The Bertz CT molecular complexity index is 419. The molecule has 1 aliphatic carbocycles. The summed E-state index contributed by atoms with van der Waals surface area (Å²) in [4.78, 5) is 12.1. The molecule has 0 aliphatic heterocycles. The summed E-state index contributed by atoms with van der Waals surface area (Å²) in [6.45, 7) is 2.18. The molecule has 2 heteroatoms. The third-order valence-corrected chi connectivity index (χ3v) is 4.18. The van der Waals surface area contributed by atoms with Gasteiger partial charge < -0.3 is 4.74 Å². The molecule has 0 bridgehead atoms. The average Bonchev–Trinajstić information content (AvgIpc) is 2.47. The van der Waals surface area contributed by atoms with Crippen LogP contribution in [-0.4, -0.2) is 5.97 Å². The maximum absolute atomic E-state index is 12.1. The number of carbonyl (C=O) groups excluding carboxylic acids is 1. The van der Waals surface area contributed by atoms with E-state index in [9.17, 15) is 4.79 Å². The number of para-hydroxylation sites is 1. The molecular formula is C18H26O2. The molecule has 2 rings (SSSR count). The van der Waals surface area contributed by atoms with Crippen LogP contribution >= 0.6 is 0 Å². The van der Waals surface area contributed by atoms with Crippen molar-refractivity contribution < 1.29 is 9.53 Å². The van der Waals surface area contributed by atoms with Crippen molar-refractivity contribution in [3.8, 4) is 5.75 Å². The Morgan fingerprint density at radius 3 is 2.70 bits per heavy atom. The van der Waals surface area contributed by atoms with E-state index in [4.69, 9.17) is 4.74 Å². The summed E-state index contributed by atoms with van der Waals surface area (Å²) in [7, 11) is 0. The van der Waals surface area contributed by atoms with Crippen molar-refractivity contribution in [3.05, 3.63) is 29.8 Å². The van der Waals surface area contributed by atoms with Crippen LogP contribution in [-0.2, 0) is 11.2 Å². The van der Waals surface area contributed by atoms with Crippen LogP contribution in [0.25, 0.3) is 0 Å². The predicted octanol–water partition coefficient (Wildman–Crippen LogP) is 4.91. The van der Waals surface area contributed by atoms with Crippen molar-refractivity contribution in [2.45, 2.75) is 64.7 Å². The van der Waals surface area contributed by atoms with Gasteiger partial charge in [0.25, 0.3) is 0 Å². The van der Waals surface area contributed by atoms with Crippen LogP contribution in [0.3, 0.4) is 0 Å². The first-order valence-electron chi connectivity index (χ1n) is 8.08. The summed E-state index contributed by atoms with van der Waals surface area (Å²) >= 11 is 0. The van der Waals surface area contributed by atoms with Gasteiger partial charge in [0.15, 0.2) is 0 Å². The van der Waals surface area contributed by atoms with Crippen LogP contribution in [0.2, 0.25) is 0 Å². The Morgan fingerprint density at radius 2 is 1.95 bits per heavy atom. The molecule has 1 fully saturated rings. The first-order valence-corrected chi connectivity index (χ1v) is 8.08. The van der Waals surface area contributed by atoms with Gasteiger partial charge in [-0.3, -0.25) is 4.79 Å². The molecule has 0 aromatic heterocycles. The Balaban J connectivity index is 1.89. The van der Waals surface area contributed by atoms with Crippen molar-refractivity contribution in [2.24, 2.45) is 5.92 Å². The molecule has 2 nitrogen and oxygen atoms in total. The normalized spacial score (nSPS) is 16.1. The number of hydrogen-bond donors (Lipinski definition) is 0. The molecule has 0 N–H and O–H groups in total. The van der Waals surface area contributed by atoms with Crippen molar-refractivity contribution in [1.82, 2.24) is 0 Å². The van der Waals surface area contributed by atoms with Crippen LogP contribution in [0.5, 0.6) is 5.75 Å². The second-order valence-electron chi connectivity index (χ2n) is 5.89. The molecule has 0 saturated heterocycles. The molecule has 0 amide bonds. The van der Waals surface area contributed by atoms with Gasteiger partial charge in [0.2, 0.25) is 0 Å². The molecule has 1 aliphatic rings. The topological polar surface area (TPSA) is 26.3 Å². The lowest BCUT2D eigenvalue weighted by molar-refractivity contribution is -0.135. The van der Waals surface area contributed by atoms with Gasteiger partial charge in [0, 0.05) is 6.42 Å². The van der Waals surface area contributed by atoms with Crippen LogP contribution in [0.4, 0.5) is 0 Å². The van der Waals surface area contributed by atoms with Gasteiger partial charge in [-0.05, 0) is 43.2 Å². The van der Waals surface area contributed by atoms with E-state index in [2.05, 4.69) is 13.0 Å². The fourth-order valence-electron chi connectivity index (χ4n) is 2.97. The van der Waals surface area contributed by atoms with E-state index in [-0.39, 0.29) is 5.97 Å². The Kier molecular flexibility index (Phi) is 6.10. The highest BCUT2D eigenvalue weighted by Gasteiger charge is 2.18. The molecule has 1 aromatic rings. The van der Waals surface area contributed by atoms with Gasteiger partial charge in [0.1, 0.15) is 5.75 Å². The van der Waals surface area contributed by atoms with E-state index in [1.165, 1.54) is 32.1 Å². The van der Waals surface area contributed by atoms with Gasteiger partial charge in [-0.1, -0.05) is 50.8 Å². The Hall–Kier alpha value is -1.31. The summed E-state index contributed by atoms with van der Waals surface area (Å²) in [6, 6.07) is 7.95. The van der Waals surface area contributed by atoms with E-state index in [0.29, 0.717) is 12.3 Å². The first kappa shape index (κ1) is 15.1. The summed E-state index contributed by atoms with van der Waals surface area (Å²) in [6.07, 6.45) is 10.1. The highest BCUT2D eigenvalue weighted by molar-refractivity contribution is 5.73. The molecule has 110 valence electrons. The zero-order chi connectivity index (χ0) is 14.2. The largest absolute Gasteiger partial charge is 0.426 e. The quantitative estimate of drug-likeness (QED) is 0.544. The Morgan fingerprint density at radius 1 is 1.20 bits per heavy atom.